The van der Waals surface area contributed by atoms with E-state index < -0.39 is 0 Å². The van der Waals surface area contributed by atoms with Gasteiger partial charge in [0.05, 0.1) is 5.69 Å². The molecule has 2 nitrogen and oxygen atoms in total. The fourth-order valence-electron chi connectivity index (χ4n) is 1.63. The van der Waals surface area contributed by atoms with Crippen LogP contribution in [-0.2, 0) is 11.2 Å². The standard InChI is InChI=1S/C14H14FNOS/c1-10-2-4-13(12(15)8-10)16-14(17)5-3-11-6-7-18-9-11/h2,4,6-9H,3,5H2,1H3,(H,16,17). The van der Waals surface area contributed by atoms with E-state index >= 15 is 0 Å². The van der Waals surface area contributed by atoms with Crippen LogP contribution in [0.4, 0.5) is 10.1 Å². The molecule has 0 saturated heterocycles. The van der Waals surface area contributed by atoms with Crippen molar-refractivity contribution in [3.8, 4) is 0 Å². The number of aryl methyl sites for hydroxylation is 2. The van der Waals surface area contributed by atoms with Crippen LogP contribution >= 0.6 is 11.3 Å². The van der Waals surface area contributed by atoms with Crippen molar-refractivity contribution in [3.63, 3.8) is 0 Å². The molecule has 0 radical (unpaired) electrons. The van der Waals surface area contributed by atoms with E-state index in [-0.39, 0.29) is 17.4 Å². The SMILES string of the molecule is Cc1ccc(NC(=O)CCc2ccsc2)c(F)c1. The summed E-state index contributed by atoms with van der Waals surface area (Å²) in [6.07, 6.45) is 1.05. The second-order valence-electron chi connectivity index (χ2n) is 4.16. The molecule has 0 unspecified atom stereocenters. The smallest absolute Gasteiger partial charge is 0.224 e. The first-order chi connectivity index (χ1) is 8.65. The molecule has 1 amide bonds. The maximum Gasteiger partial charge on any atom is 0.224 e. The summed E-state index contributed by atoms with van der Waals surface area (Å²) in [5.74, 6) is -0.553. The Bertz CT molecular complexity index is 537. The van der Waals surface area contributed by atoms with Gasteiger partial charge in [-0.05, 0) is 53.4 Å². The van der Waals surface area contributed by atoms with Crippen molar-refractivity contribution in [1.29, 1.82) is 0 Å². The van der Waals surface area contributed by atoms with Crippen molar-refractivity contribution >= 4 is 22.9 Å². The van der Waals surface area contributed by atoms with E-state index in [0.29, 0.717) is 12.8 Å². The lowest BCUT2D eigenvalue weighted by Gasteiger charge is -2.06. The zero-order valence-corrected chi connectivity index (χ0v) is 10.9. The molecule has 0 bridgehead atoms. The Morgan fingerprint density at radius 1 is 1.39 bits per heavy atom. The van der Waals surface area contributed by atoms with Crippen LogP contribution in [0.3, 0.4) is 0 Å². The van der Waals surface area contributed by atoms with Crippen molar-refractivity contribution in [2.24, 2.45) is 0 Å². The Morgan fingerprint density at radius 3 is 2.89 bits per heavy atom. The van der Waals surface area contributed by atoms with Gasteiger partial charge in [0.25, 0.3) is 0 Å². The van der Waals surface area contributed by atoms with Gasteiger partial charge < -0.3 is 5.32 Å². The number of carbonyl (C=O) groups is 1. The molecular weight excluding hydrogens is 249 g/mol. The minimum Gasteiger partial charge on any atom is -0.324 e. The highest BCUT2D eigenvalue weighted by atomic mass is 32.1. The minimum absolute atomic E-state index is 0.163. The number of halogens is 1. The third-order valence-corrected chi connectivity index (χ3v) is 3.35. The van der Waals surface area contributed by atoms with Crippen LogP contribution in [0.1, 0.15) is 17.5 Å². The van der Waals surface area contributed by atoms with Crippen LogP contribution in [0.2, 0.25) is 0 Å². The van der Waals surface area contributed by atoms with E-state index in [0.717, 1.165) is 11.1 Å². The Balaban J connectivity index is 1.91. The van der Waals surface area contributed by atoms with Gasteiger partial charge in [-0.3, -0.25) is 4.79 Å². The number of hydrogen-bond donors (Lipinski definition) is 1. The first-order valence-corrected chi connectivity index (χ1v) is 6.66. The monoisotopic (exact) mass is 263 g/mol. The Labute approximate surface area is 109 Å². The molecule has 0 fully saturated rings. The zero-order valence-electron chi connectivity index (χ0n) is 10.1. The van der Waals surface area contributed by atoms with Gasteiger partial charge in [0.15, 0.2) is 0 Å². The number of nitrogens with one attached hydrogen (secondary N) is 1. The molecular formula is C14H14FNOS. The molecule has 2 rings (SSSR count). The van der Waals surface area contributed by atoms with Crippen LogP contribution in [0.25, 0.3) is 0 Å². The van der Waals surface area contributed by atoms with Crippen LogP contribution in [-0.4, -0.2) is 5.91 Å². The molecule has 0 atom stereocenters. The molecule has 1 aromatic carbocycles. The summed E-state index contributed by atoms with van der Waals surface area (Å²) in [5.41, 5.74) is 2.22. The summed E-state index contributed by atoms with van der Waals surface area (Å²) in [6.45, 7) is 1.81. The van der Waals surface area contributed by atoms with Crippen molar-refractivity contribution in [3.05, 3.63) is 52.0 Å². The summed E-state index contributed by atoms with van der Waals surface area (Å²) < 4.78 is 13.5. The fourth-order valence-corrected chi connectivity index (χ4v) is 2.33. The van der Waals surface area contributed by atoms with Gasteiger partial charge in [-0.15, -0.1) is 0 Å². The number of carbonyl (C=O) groups excluding carboxylic acids is 1. The molecule has 0 aliphatic carbocycles. The molecule has 0 spiro atoms. The molecule has 0 aliphatic rings. The van der Waals surface area contributed by atoms with Crippen molar-refractivity contribution in [2.75, 3.05) is 5.32 Å². The van der Waals surface area contributed by atoms with Crippen LogP contribution in [0.5, 0.6) is 0 Å². The molecule has 94 valence electrons. The average molecular weight is 263 g/mol. The highest BCUT2D eigenvalue weighted by Gasteiger charge is 2.07. The quantitative estimate of drug-likeness (QED) is 0.894. The largest absolute Gasteiger partial charge is 0.324 e. The van der Waals surface area contributed by atoms with E-state index in [1.165, 1.54) is 6.07 Å². The second kappa shape index (κ2) is 5.78. The van der Waals surface area contributed by atoms with Crippen LogP contribution in [0.15, 0.2) is 35.0 Å². The van der Waals surface area contributed by atoms with Gasteiger partial charge in [0, 0.05) is 6.42 Å². The van der Waals surface area contributed by atoms with Gasteiger partial charge >= 0.3 is 0 Å². The number of benzene rings is 1. The highest BCUT2D eigenvalue weighted by molar-refractivity contribution is 7.07. The third-order valence-electron chi connectivity index (χ3n) is 2.62. The average Bonchev–Trinajstić information content (AvgIpc) is 2.83. The number of amides is 1. The molecule has 2 aromatic rings. The fraction of sp³-hybridized carbons (Fsp3) is 0.214. The first-order valence-electron chi connectivity index (χ1n) is 5.72. The van der Waals surface area contributed by atoms with E-state index in [2.05, 4.69) is 5.32 Å². The molecule has 0 aliphatic heterocycles. The maximum atomic E-state index is 13.5. The lowest BCUT2D eigenvalue weighted by atomic mass is 10.2. The molecule has 1 N–H and O–H groups in total. The Morgan fingerprint density at radius 2 is 2.22 bits per heavy atom. The summed E-state index contributed by atoms with van der Waals surface area (Å²) >= 11 is 1.61. The van der Waals surface area contributed by atoms with Crippen molar-refractivity contribution < 1.29 is 9.18 Å². The van der Waals surface area contributed by atoms with Gasteiger partial charge in [0.1, 0.15) is 5.82 Å². The van der Waals surface area contributed by atoms with Crippen LogP contribution in [0, 0.1) is 12.7 Å². The topological polar surface area (TPSA) is 29.1 Å². The number of hydrogen-bond acceptors (Lipinski definition) is 2. The van der Waals surface area contributed by atoms with Gasteiger partial charge in [-0.2, -0.15) is 11.3 Å². The number of rotatable bonds is 4. The summed E-state index contributed by atoms with van der Waals surface area (Å²) in [6, 6.07) is 6.77. The molecule has 1 aromatic heterocycles. The predicted octanol–water partition coefficient (Wildman–Crippen LogP) is 3.77. The third kappa shape index (κ3) is 3.40. The Kier molecular flexibility index (Phi) is 4.10. The number of anilines is 1. The van der Waals surface area contributed by atoms with Gasteiger partial charge in [0.2, 0.25) is 5.91 Å². The van der Waals surface area contributed by atoms with Gasteiger partial charge in [-0.25, -0.2) is 4.39 Å². The van der Waals surface area contributed by atoms with E-state index in [1.54, 1.807) is 23.5 Å². The van der Waals surface area contributed by atoms with Crippen LogP contribution < -0.4 is 5.32 Å². The van der Waals surface area contributed by atoms with Crippen molar-refractivity contribution in [1.82, 2.24) is 0 Å². The van der Waals surface area contributed by atoms with E-state index in [4.69, 9.17) is 0 Å². The summed E-state index contributed by atoms with van der Waals surface area (Å²) in [7, 11) is 0. The maximum absolute atomic E-state index is 13.5. The molecule has 4 heteroatoms. The molecule has 0 saturated carbocycles. The summed E-state index contributed by atoms with van der Waals surface area (Å²) in [4.78, 5) is 11.7. The molecule has 1 heterocycles. The lowest BCUT2D eigenvalue weighted by Crippen LogP contribution is -2.13. The van der Waals surface area contributed by atoms with Gasteiger partial charge in [-0.1, -0.05) is 6.07 Å². The molecule has 18 heavy (non-hydrogen) atoms. The highest BCUT2D eigenvalue weighted by Crippen LogP contribution is 2.16. The first kappa shape index (κ1) is 12.8. The zero-order chi connectivity index (χ0) is 13.0. The second-order valence-corrected chi connectivity index (χ2v) is 4.94. The number of thiophene rings is 1. The predicted molar refractivity (Wildman–Crippen MR) is 72.4 cm³/mol. The van der Waals surface area contributed by atoms with Crippen molar-refractivity contribution in [2.45, 2.75) is 19.8 Å². The lowest BCUT2D eigenvalue weighted by molar-refractivity contribution is -0.116. The van der Waals surface area contributed by atoms with E-state index in [9.17, 15) is 9.18 Å². The van der Waals surface area contributed by atoms with E-state index in [1.807, 2.05) is 23.8 Å². The normalized spacial score (nSPS) is 10.3. The Hall–Kier alpha value is -1.68. The summed E-state index contributed by atoms with van der Waals surface area (Å²) in [5, 5.41) is 6.58. The minimum atomic E-state index is -0.390.